The molecule has 1 fully saturated rings. The lowest BCUT2D eigenvalue weighted by atomic mass is 9.94. The molecule has 3 heterocycles. The van der Waals surface area contributed by atoms with Crippen LogP contribution in [0.5, 0.6) is 5.88 Å². The molecule has 4 aromatic rings. The standard InChI is InChI=1S/C30H34N4O2.2C2H6/c1-20-6-10-23(11-7-20)30(24-12-8-21(2)9-13-24)33-16-17-34(22(3)19-33)26-18-28(35)32(4)25-14-15-27(36-5)31-29(25)26;2*1-2/h6-15,18,22,30H,16-17,19H2,1-5H3;2*1-2H3. The summed E-state index contributed by atoms with van der Waals surface area (Å²) in [5.74, 6) is 0.549. The normalized spacial score (nSPS) is 15.2. The smallest absolute Gasteiger partial charge is 0.252 e. The fourth-order valence-electron chi connectivity index (χ4n) is 5.32. The molecule has 1 aliphatic heterocycles. The van der Waals surface area contributed by atoms with Gasteiger partial charge in [-0.25, -0.2) is 4.98 Å². The number of pyridine rings is 2. The van der Waals surface area contributed by atoms with E-state index >= 15 is 0 Å². The highest BCUT2D eigenvalue weighted by atomic mass is 16.5. The number of nitrogens with zero attached hydrogens (tertiary/aromatic N) is 4. The van der Waals surface area contributed by atoms with Gasteiger partial charge in [-0.2, -0.15) is 0 Å². The highest BCUT2D eigenvalue weighted by Crippen LogP contribution is 2.34. The minimum atomic E-state index is -0.0312. The predicted molar refractivity (Wildman–Crippen MR) is 169 cm³/mol. The average Bonchev–Trinajstić information content (AvgIpc) is 2.99. The summed E-state index contributed by atoms with van der Waals surface area (Å²) in [6.07, 6.45) is 0. The molecule has 0 saturated carbocycles. The van der Waals surface area contributed by atoms with Crippen molar-refractivity contribution in [3.63, 3.8) is 0 Å². The lowest BCUT2D eigenvalue weighted by molar-refractivity contribution is 0.188. The van der Waals surface area contributed by atoms with Crippen molar-refractivity contribution in [1.82, 2.24) is 14.5 Å². The summed E-state index contributed by atoms with van der Waals surface area (Å²) >= 11 is 0. The van der Waals surface area contributed by atoms with E-state index < -0.39 is 0 Å². The second-order valence-corrected chi connectivity index (χ2v) is 9.91. The first kappa shape index (κ1) is 30.9. The van der Waals surface area contributed by atoms with Crippen LogP contribution in [0.3, 0.4) is 0 Å². The van der Waals surface area contributed by atoms with Crippen molar-refractivity contribution >= 4 is 16.7 Å². The molecule has 40 heavy (non-hydrogen) atoms. The van der Waals surface area contributed by atoms with E-state index in [1.54, 1.807) is 30.9 Å². The van der Waals surface area contributed by atoms with E-state index in [-0.39, 0.29) is 17.6 Å². The van der Waals surface area contributed by atoms with Gasteiger partial charge in [-0.1, -0.05) is 87.4 Å². The zero-order valence-electron chi connectivity index (χ0n) is 25.7. The molecule has 1 atom stereocenters. The quantitative estimate of drug-likeness (QED) is 0.274. The van der Waals surface area contributed by atoms with Crippen molar-refractivity contribution in [2.24, 2.45) is 7.05 Å². The molecule has 2 aromatic carbocycles. The maximum Gasteiger partial charge on any atom is 0.252 e. The molecule has 1 saturated heterocycles. The fourth-order valence-corrected chi connectivity index (χ4v) is 5.32. The van der Waals surface area contributed by atoms with Crippen LogP contribution < -0.4 is 15.2 Å². The van der Waals surface area contributed by atoms with Crippen molar-refractivity contribution in [2.75, 3.05) is 31.6 Å². The SMILES string of the molecule is CC.CC.COc1ccc2c(n1)c(N1CCN(C(c3ccc(C)cc3)c3ccc(C)cc3)CC1C)cc(=O)n2C. The molecule has 6 heteroatoms. The van der Waals surface area contributed by atoms with Gasteiger partial charge in [0.2, 0.25) is 5.88 Å². The van der Waals surface area contributed by atoms with Gasteiger partial charge in [-0.3, -0.25) is 9.69 Å². The summed E-state index contributed by atoms with van der Waals surface area (Å²) in [7, 11) is 3.41. The fraction of sp³-hybridized carbons (Fsp3) is 0.412. The number of methoxy groups -OCH3 is 1. The first-order valence-electron chi connectivity index (χ1n) is 14.5. The Morgan fingerprint density at radius 3 is 1.90 bits per heavy atom. The Morgan fingerprint density at radius 1 is 0.850 bits per heavy atom. The third-order valence-electron chi connectivity index (χ3n) is 7.37. The minimum Gasteiger partial charge on any atom is -0.481 e. The monoisotopic (exact) mass is 542 g/mol. The Hall–Kier alpha value is -3.64. The molecule has 0 bridgehead atoms. The van der Waals surface area contributed by atoms with Crippen molar-refractivity contribution in [3.05, 3.63) is 99.3 Å². The van der Waals surface area contributed by atoms with Gasteiger partial charge in [0.1, 0.15) is 5.52 Å². The van der Waals surface area contributed by atoms with E-state index in [9.17, 15) is 4.79 Å². The summed E-state index contributed by atoms with van der Waals surface area (Å²) in [6, 6.07) is 23.6. The maximum atomic E-state index is 12.8. The Morgan fingerprint density at radius 2 is 1.40 bits per heavy atom. The third-order valence-corrected chi connectivity index (χ3v) is 7.37. The van der Waals surface area contributed by atoms with Gasteiger partial charge >= 0.3 is 0 Å². The highest BCUT2D eigenvalue weighted by molar-refractivity contribution is 5.89. The van der Waals surface area contributed by atoms with Gasteiger partial charge < -0.3 is 14.2 Å². The Labute approximate surface area is 240 Å². The molecule has 0 aliphatic carbocycles. The zero-order chi connectivity index (χ0) is 29.4. The van der Waals surface area contributed by atoms with Crippen LogP contribution in [0.1, 0.15) is 62.9 Å². The van der Waals surface area contributed by atoms with E-state index in [1.807, 2.05) is 33.8 Å². The van der Waals surface area contributed by atoms with Crippen LogP contribution in [0.4, 0.5) is 5.69 Å². The van der Waals surface area contributed by atoms with Gasteiger partial charge in [0.15, 0.2) is 0 Å². The second kappa shape index (κ2) is 14.1. The Bertz CT molecular complexity index is 1380. The van der Waals surface area contributed by atoms with E-state index in [4.69, 9.17) is 9.72 Å². The Kier molecular flexibility index (Phi) is 10.9. The second-order valence-electron chi connectivity index (χ2n) is 9.91. The van der Waals surface area contributed by atoms with Gasteiger partial charge in [-0.05, 0) is 38.0 Å². The van der Waals surface area contributed by atoms with Gasteiger partial charge in [0, 0.05) is 44.9 Å². The van der Waals surface area contributed by atoms with E-state index in [0.29, 0.717) is 5.88 Å². The lowest BCUT2D eigenvalue weighted by Crippen LogP contribution is -2.53. The molecule has 2 aromatic heterocycles. The minimum absolute atomic E-state index is 0.0312. The first-order chi connectivity index (χ1) is 19.4. The summed E-state index contributed by atoms with van der Waals surface area (Å²) < 4.78 is 7.05. The van der Waals surface area contributed by atoms with Gasteiger partial charge in [0.05, 0.1) is 24.4 Å². The number of hydrogen-bond donors (Lipinski definition) is 0. The summed E-state index contributed by atoms with van der Waals surface area (Å²) in [5.41, 5.74) is 7.58. The number of fused-ring (bicyclic) bond motifs is 1. The molecule has 0 N–H and O–H groups in total. The maximum absolute atomic E-state index is 12.8. The summed E-state index contributed by atoms with van der Waals surface area (Å²) in [5, 5.41) is 0. The van der Waals surface area contributed by atoms with Crippen molar-refractivity contribution < 1.29 is 4.74 Å². The first-order valence-corrected chi connectivity index (χ1v) is 14.5. The number of aromatic nitrogens is 2. The van der Waals surface area contributed by atoms with Crippen molar-refractivity contribution in [1.29, 1.82) is 0 Å². The molecule has 0 amide bonds. The molecule has 1 unspecified atom stereocenters. The summed E-state index contributed by atoms with van der Waals surface area (Å²) in [6.45, 7) is 17.0. The van der Waals surface area contributed by atoms with E-state index in [2.05, 4.69) is 79.1 Å². The number of piperazine rings is 1. The van der Waals surface area contributed by atoms with E-state index in [0.717, 1.165) is 36.4 Å². The molecule has 0 radical (unpaired) electrons. The summed E-state index contributed by atoms with van der Waals surface area (Å²) in [4.78, 5) is 22.4. The average molecular weight is 543 g/mol. The number of anilines is 1. The van der Waals surface area contributed by atoms with Gasteiger partial charge in [0.25, 0.3) is 5.56 Å². The lowest BCUT2D eigenvalue weighted by Gasteiger charge is -2.44. The van der Waals surface area contributed by atoms with Crippen molar-refractivity contribution in [2.45, 2.75) is 60.5 Å². The van der Waals surface area contributed by atoms with Crippen molar-refractivity contribution in [3.8, 4) is 5.88 Å². The molecular formula is C34H46N4O2. The molecule has 0 spiro atoms. The number of benzene rings is 2. The molecular weight excluding hydrogens is 496 g/mol. The predicted octanol–water partition coefficient (Wildman–Crippen LogP) is 6.91. The number of ether oxygens (including phenoxy) is 1. The van der Waals surface area contributed by atoms with Crippen LogP contribution in [0, 0.1) is 13.8 Å². The van der Waals surface area contributed by atoms with Crippen LogP contribution in [0.2, 0.25) is 0 Å². The Balaban J connectivity index is 0.00000106. The largest absolute Gasteiger partial charge is 0.481 e. The van der Waals surface area contributed by atoms with Crippen LogP contribution in [-0.2, 0) is 7.05 Å². The van der Waals surface area contributed by atoms with Crippen LogP contribution in [0.15, 0.2) is 71.5 Å². The number of rotatable bonds is 5. The molecule has 5 rings (SSSR count). The highest BCUT2D eigenvalue weighted by Gasteiger charge is 2.31. The van der Waals surface area contributed by atoms with E-state index in [1.165, 1.54) is 22.3 Å². The third kappa shape index (κ3) is 6.56. The zero-order valence-corrected chi connectivity index (χ0v) is 25.7. The van der Waals surface area contributed by atoms with Crippen LogP contribution >= 0.6 is 0 Å². The molecule has 1 aliphatic rings. The molecule has 214 valence electrons. The van der Waals surface area contributed by atoms with Crippen LogP contribution in [0.25, 0.3) is 11.0 Å². The topological polar surface area (TPSA) is 50.6 Å². The number of hydrogen-bond acceptors (Lipinski definition) is 5. The van der Waals surface area contributed by atoms with Gasteiger partial charge in [-0.15, -0.1) is 0 Å². The molecule has 6 nitrogen and oxygen atoms in total. The number of aryl methyl sites for hydroxylation is 3. The van der Waals surface area contributed by atoms with Crippen LogP contribution in [-0.4, -0.2) is 47.2 Å².